The van der Waals surface area contributed by atoms with Gasteiger partial charge in [0.1, 0.15) is 0 Å². The Kier molecular flexibility index (Phi) is 3.92. The van der Waals surface area contributed by atoms with Gasteiger partial charge in [0.05, 0.1) is 11.7 Å². The molecule has 2 N–H and O–H groups in total. The van der Waals surface area contributed by atoms with E-state index in [2.05, 4.69) is 14.9 Å². The number of rotatable bonds is 3. The molecule has 1 saturated heterocycles. The van der Waals surface area contributed by atoms with Gasteiger partial charge < -0.3 is 0 Å². The second-order valence-electron chi connectivity index (χ2n) is 5.21. The SMILES string of the molecule is CNS(=O)(=O)N1CCC(c2cc(Cl)cc3[nH]ncc23)CC1. The van der Waals surface area contributed by atoms with Crippen LogP contribution in [-0.2, 0) is 10.2 Å². The van der Waals surface area contributed by atoms with E-state index in [1.165, 1.54) is 11.4 Å². The average molecular weight is 329 g/mol. The smallest absolute Gasteiger partial charge is 0.278 e. The molecule has 0 spiro atoms. The summed E-state index contributed by atoms with van der Waals surface area (Å²) in [6.45, 7) is 1.03. The minimum atomic E-state index is -3.33. The summed E-state index contributed by atoms with van der Waals surface area (Å²) in [5, 5.41) is 8.73. The highest BCUT2D eigenvalue weighted by atomic mass is 35.5. The van der Waals surface area contributed by atoms with Crippen LogP contribution in [0, 0.1) is 0 Å². The van der Waals surface area contributed by atoms with Gasteiger partial charge in [-0.3, -0.25) is 5.10 Å². The van der Waals surface area contributed by atoms with Crippen molar-refractivity contribution in [3.05, 3.63) is 28.9 Å². The van der Waals surface area contributed by atoms with E-state index in [0.717, 1.165) is 29.3 Å². The summed E-state index contributed by atoms with van der Waals surface area (Å²) >= 11 is 6.16. The molecule has 1 aromatic heterocycles. The van der Waals surface area contributed by atoms with Crippen LogP contribution in [0.1, 0.15) is 24.3 Å². The number of nitrogens with zero attached hydrogens (tertiary/aromatic N) is 2. The number of hydrogen-bond acceptors (Lipinski definition) is 3. The molecular formula is C13H17ClN4O2S. The Morgan fingerprint density at radius 3 is 2.76 bits per heavy atom. The quantitative estimate of drug-likeness (QED) is 0.902. The van der Waals surface area contributed by atoms with E-state index in [1.807, 2.05) is 12.1 Å². The van der Waals surface area contributed by atoms with E-state index in [-0.39, 0.29) is 0 Å². The second kappa shape index (κ2) is 5.57. The summed E-state index contributed by atoms with van der Waals surface area (Å²) in [6.07, 6.45) is 3.36. The first-order valence-electron chi connectivity index (χ1n) is 6.82. The Labute approximate surface area is 128 Å². The van der Waals surface area contributed by atoms with Crippen LogP contribution < -0.4 is 4.72 Å². The molecule has 2 heterocycles. The fraction of sp³-hybridized carbons (Fsp3) is 0.462. The predicted molar refractivity (Wildman–Crippen MR) is 82.6 cm³/mol. The maximum Gasteiger partial charge on any atom is 0.279 e. The van der Waals surface area contributed by atoms with Crippen LogP contribution in [0.4, 0.5) is 0 Å². The molecule has 114 valence electrons. The number of nitrogens with one attached hydrogen (secondary N) is 2. The molecule has 6 nitrogen and oxygen atoms in total. The van der Waals surface area contributed by atoms with Gasteiger partial charge in [0.2, 0.25) is 0 Å². The van der Waals surface area contributed by atoms with Gasteiger partial charge in [-0.15, -0.1) is 0 Å². The van der Waals surface area contributed by atoms with Crippen LogP contribution in [0.25, 0.3) is 10.9 Å². The Hall–Kier alpha value is -1.15. The van der Waals surface area contributed by atoms with Crippen molar-refractivity contribution in [3.63, 3.8) is 0 Å². The highest BCUT2D eigenvalue weighted by Crippen LogP contribution is 2.35. The summed E-state index contributed by atoms with van der Waals surface area (Å²) in [6, 6.07) is 3.82. The molecule has 1 aromatic carbocycles. The molecule has 0 radical (unpaired) electrons. The van der Waals surface area contributed by atoms with Gasteiger partial charge in [-0.2, -0.15) is 17.8 Å². The molecule has 0 atom stereocenters. The molecule has 21 heavy (non-hydrogen) atoms. The largest absolute Gasteiger partial charge is 0.279 e. The number of H-pyrrole nitrogens is 1. The lowest BCUT2D eigenvalue weighted by Crippen LogP contribution is -2.43. The first-order valence-corrected chi connectivity index (χ1v) is 8.64. The summed E-state index contributed by atoms with van der Waals surface area (Å²) in [7, 11) is -1.89. The van der Waals surface area contributed by atoms with Crippen molar-refractivity contribution < 1.29 is 8.42 Å². The summed E-state index contributed by atoms with van der Waals surface area (Å²) in [5.74, 6) is 0.298. The van der Waals surface area contributed by atoms with Gasteiger partial charge in [0.15, 0.2) is 0 Å². The van der Waals surface area contributed by atoms with E-state index in [1.54, 1.807) is 6.20 Å². The number of benzene rings is 1. The maximum atomic E-state index is 11.8. The van der Waals surface area contributed by atoms with Crippen molar-refractivity contribution in [2.75, 3.05) is 20.1 Å². The van der Waals surface area contributed by atoms with E-state index >= 15 is 0 Å². The van der Waals surface area contributed by atoms with Crippen LogP contribution in [0.15, 0.2) is 18.3 Å². The lowest BCUT2D eigenvalue weighted by molar-refractivity contribution is 0.317. The fourth-order valence-electron chi connectivity index (χ4n) is 2.92. The van der Waals surface area contributed by atoms with Crippen LogP contribution in [0.3, 0.4) is 0 Å². The molecular weight excluding hydrogens is 312 g/mol. The number of fused-ring (bicyclic) bond motifs is 1. The van der Waals surface area contributed by atoms with Crippen LogP contribution in [0.2, 0.25) is 5.02 Å². The van der Waals surface area contributed by atoms with Crippen LogP contribution in [0.5, 0.6) is 0 Å². The van der Waals surface area contributed by atoms with Crippen LogP contribution >= 0.6 is 11.6 Å². The Morgan fingerprint density at radius 1 is 1.38 bits per heavy atom. The van der Waals surface area contributed by atoms with E-state index in [0.29, 0.717) is 24.0 Å². The lowest BCUT2D eigenvalue weighted by atomic mass is 9.88. The van der Waals surface area contributed by atoms with Crippen molar-refractivity contribution in [1.29, 1.82) is 0 Å². The standard InChI is InChI=1S/C13H17ClN4O2S/c1-15-21(19,20)18-4-2-9(3-5-18)11-6-10(14)7-13-12(11)8-16-17-13/h6-9,15H,2-5H2,1H3,(H,16,17). The number of hydrogen-bond donors (Lipinski definition) is 2. The molecule has 2 aromatic rings. The number of aromatic nitrogens is 2. The lowest BCUT2D eigenvalue weighted by Gasteiger charge is -2.31. The first-order chi connectivity index (χ1) is 10.0. The molecule has 3 rings (SSSR count). The topological polar surface area (TPSA) is 78.1 Å². The fourth-order valence-corrected chi connectivity index (χ4v) is 4.09. The third-order valence-electron chi connectivity index (χ3n) is 4.05. The van der Waals surface area contributed by atoms with Gasteiger partial charge in [-0.1, -0.05) is 11.6 Å². The molecule has 0 amide bonds. The zero-order chi connectivity index (χ0) is 15.0. The van der Waals surface area contributed by atoms with Crippen molar-refractivity contribution in [3.8, 4) is 0 Å². The monoisotopic (exact) mass is 328 g/mol. The van der Waals surface area contributed by atoms with Gasteiger partial charge in [-0.25, -0.2) is 4.72 Å². The zero-order valence-corrected chi connectivity index (χ0v) is 13.2. The minimum Gasteiger partial charge on any atom is -0.278 e. The van der Waals surface area contributed by atoms with Gasteiger partial charge in [0.25, 0.3) is 10.2 Å². The van der Waals surface area contributed by atoms with Gasteiger partial charge in [0, 0.05) is 30.5 Å². The summed E-state index contributed by atoms with van der Waals surface area (Å²) in [5.41, 5.74) is 2.07. The predicted octanol–water partition coefficient (Wildman–Crippen LogP) is 1.86. The molecule has 0 bridgehead atoms. The normalized spacial score (nSPS) is 18.4. The second-order valence-corrected chi connectivity index (χ2v) is 7.52. The van der Waals surface area contributed by atoms with Crippen LogP contribution in [-0.4, -0.2) is 43.1 Å². The third-order valence-corrected chi connectivity index (χ3v) is 5.83. The molecule has 1 aliphatic rings. The van der Waals surface area contributed by atoms with E-state index in [4.69, 9.17) is 11.6 Å². The maximum absolute atomic E-state index is 11.8. The number of piperidine rings is 1. The van der Waals surface area contributed by atoms with Crippen molar-refractivity contribution in [1.82, 2.24) is 19.2 Å². The van der Waals surface area contributed by atoms with Gasteiger partial charge >= 0.3 is 0 Å². The molecule has 0 aliphatic carbocycles. The third kappa shape index (κ3) is 2.78. The highest BCUT2D eigenvalue weighted by molar-refractivity contribution is 7.87. The molecule has 1 fully saturated rings. The molecule has 8 heteroatoms. The number of halogens is 1. The van der Waals surface area contributed by atoms with E-state index in [9.17, 15) is 8.42 Å². The number of aromatic amines is 1. The molecule has 0 unspecified atom stereocenters. The average Bonchev–Trinajstić information content (AvgIpc) is 2.94. The van der Waals surface area contributed by atoms with Crippen molar-refractivity contribution in [2.24, 2.45) is 0 Å². The Bertz CT molecular complexity index is 751. The zero-order valence-electron chi connectivity index (χ0n) is 11.6. The van der Waals surface area contributed by atoms with E-state index < -0.39 is 10.2 Å². The Morgan fingerprint density at radius 2 is 2.10 bits per heavy atom. The van der Waals surface area contributed by atoms with Crippen molar-refractivity contribution >= 4 is 32.7 Å². The first kappa shape index (κ1) is 14.8. The highest BCUT2D eigenvalue weighted by Gasteiger charge is 2.28. The van der Waals surface area contributed by atoms with Gasteiger partial charge in [-0.05, 0) is 36.5 Å². The summed E-state index contributed by atoms with van der Waals surface area (Å²) < 4.78 is 27.5. The molecule has 1 aliphatic heterocycles. The Balaban J connectivity index is 1.85. The summed E-state index contributed by atoms with van der Waals surface area (Å²) in [4.78, 5) is 0. The van der Waals surface area contributed by atoms with Crippen molar-refractivity contribution in [2.45, 2.75) is 18.8 Å². The minimum absolute atomic E-state index is 0.298. The molecule has 0 saturated carbocycles.